The van der Waals surface area contributed by atoms with Crippen LogP contribution < -0.4 is 5.56 Å². The summed E-state index contributed by atoms with van der Waals surface area (Å²) in [5.41, 5.74) is 2.39. The zero-order chi connectivity index (χ0) is 22.6. The standard InChI is InChI=1S/C27H36N4O2/c32-26-18-24(28-25-9-5-2-6-13-31(25)26)23-12-16-30(19-23)27(33)20-29-14-10-22(11-15-29)17-21-7-3-1-4-8-21/h1,3-4,7-8,18,22-23H,2,5-6,9-17,19-20H2/t23-/m0/s1. The van der Waals surface area contributed by atoms with Crippen molar-refractivity contribution in [1.29, 1.82) is 0 Å². The molecule has 1 aromatic heterocycles. The maximum Gasteiger partial charge on any atom is 0.253 e. The number of piperidine rings is 1. The number of hydrogen-bond donors (Lipinski definition) is 0. The van der Waals surface area contributed by atoms with Crippen molar-refractivity contribution in [3.8, 4) is 0 Å². The number of aromatic nitrogens is 2. The molecular weight excluding hydrogens is 412 g/mol. The summed E-state index contributed by atoms with van der Waals surface area (Å²) in [6.07, 6.45) is 8.58. The fourth-order valence-electron chi connectivity index (χ4n) is 5.76. The second-order valence-corrected chi connectivity index (χ2v) is 10.1. The van der Waals surface area contributed by atoms with Crippen LogP contribution in [0, 0.1) is 5.92 Å². The molecule has 4 heterocycles. The molecular formula is C27H36N4O2. The van der Waals surface area contributed by atoms with Gasteiger partial charge in [-0.25, -0.2) is 4.98 Å². The van der Waals surface area contributed by atoms with Gasteiger partial charge in [0.1, 0.15) is 5.82 Å². The van der Waals surface area contributed by atoms with Gasteiger partial charge >= 0.3 is 0 Å². The molecule has 0 N–H and O–H groups in total. The van der Waals surface area contributed by atoms with E-state index in [0.29, 0.717) is 19.0 Å². The Bertz CT molecular complexity index is 1010. The Morgan fingerprint density at radius 3 is 2.61 bits per heavy atom. The third kappa shape index (κ3) is 5.37. The first-order chi connectivity index (χ1) is 16.2. The molecule has 0 saturated carbocycles. The van der Waals surface area contributed by atoms with E-state index in [0.717, 1.165) is 89.1 Å². The number of carbonyl (C=O) groups excluding carboxylic acids is 1. The molecule has 5 rings (SSSR count). The lowest BCUT2D eigenvalue weighted by molar-refractivity contribution is -0.131. The van der Waals surface area contributed by atoms with Crippen molar-refractivity contribution < 1.29 is 4.79 Å². The first-order valence-corrected chi connectivity index (χ1v) is 12.8. The lowest BCUT2D eigenvalue weighted by atomic mass is 9.90. The van der Waals surface area contributed by atoms with Gasteiger partial charge < -0.3 is 4.90 Å². The van der Waals surface area contributed by atoms with E-state index in [1.54, 1.807) is 6.07 Å². The maximum absolute atomic E-state index is 13.0. The third-order valence-corrected chi connectivity index (χ3v) is 7.78. The SMILES string of the molecule is O=C(CN1CCC(Cc2ccccc2)CC1)N1CC[C@H](c2cc(=O)n3c(n2)CCCCC3)C1. The van der Waals surface area contributed by atoms with Gasteiger partial charge in [-0.05, 0) is 63.1 Å². The quantitative estimate of drug-likeness (QED) is 0.705. The van der Waals surface area contributed by atoms with Crippen LogP contribution in [0.5, 0.6) is 0 Å². The summed E-state index contributed by atoms with van der Waals surface area (Å²) in [6, 6.07) is 12.5. The number of benzene rings is 1. The second kappa shape index (κ2) is 10.2. The van der Waals surface area contributed by atoms with Crippen LogP contribution in [0.3, 0.4) is 0 Å². The molecule has 3 aliphatic rings. The first kappa shape index (κ1) is 22.3. The highest BCUT2D eigenvalue weighted by Gasteiger charge is 2.31. The molecule has 2 fully saturated rings. The van der Waals surface area contributed by atoms with Crippen molar-refractivity contribution in [3.63, 3.8) is 0 Å². The molecule has 0 spiro atoms. The van der Waals surface area contributed by atoms with E-state index in [9.17, 15) is 9.59 Å². The largest absolute Gasteiger partial charge is 0.341 e. The van der Waals surface area contributed by atoms with E-state index in [4.69, 9.17) is 4.98 Å². The number of carbonyl (C=O) groups is 1. The highest BCUT2D eigenvalue weighted by molar-refractivity contribution is 5.78. The normalized spacial score (nSPS) is 22.2. The zero-order valence-corrected chi connectivity index (χ0v) is 19.6. The van der Waals surface area contributed by atoms with Crippen LogP contribution in [0.1, 0.15) is 61.5 Å². The predicted octanol–water partition coefficient (Wildman–Crippen LogP) is 3.24. The number of nitrogens with zero attached hydrogens (tertiary/aromatic N) is 4. The summed E-state index contributed by atoms with van der Waals surface area (Å²) in [4.78, 5) is 34.9. The summed E-state index contributed by atoms with van der Waals surface area (Å²) in [6.45, 7) is 4.78. The van der Waals surface area contributed by atoms with Gasteiger partial charge in [-0.15, -0.1) is 0 Å². The summed E-state index contributed by atoms with van der Waals surface area (Å²) in [5.74, 6) is 2.07. The van der Waals surface area contributed by atoms with Gasteiger partial charge in [0.2, 0.25) is 5.91 Å². The van der Waals surface area contributed by atoms with Crippen molar-refractivity contribution in [2.75, 3.05) is 32.7 Å². The molecule has 176 valence electrons. The van der Waals surface area contributed by atoms with Crippen molar-refractivity contribution in [1.82, 2.24) is 19.4 Å². The van der Waals surface area contributed by atoms with Gasteiger partial charge in [0, 0.05) is 38.0 Å². The number of aryl methyl sites for hydroxylation is 1. The Kier molecular flexibility index (Phi) is 6.91. The lowest BCUT2D eigenvalue weighted by Gasteiger charge is -2.32. The monoisotopic (exact) mass is 448 g/mol. The van der Waals surface area contributed by atoms with Gasteiger partial charge in [-0.1, -0.05) is 36.8 Å². The van der Waals surface area contributed by atoms with E-state index < -0.39 is 0 Å². The summed E-state index contributed by atoms with van der Waals surface area (Å²) in [5, 5.41) is 0. The van der Waals surface area contributed by atoms with Crippen LogP contribution in [0.25, 0.3) is 0 Å². The molecule has 6 nitrogen and oxygen atoms in total. The van der Waals surface area contributed by atoms with Crippen LogP contribution in [-0.4, -0.2) is 58.0 Å². The lowest BCUT2D eigenvalue weighted by Crippen LogP contribution is -2.43. The van der Waals surface area contributed by atoms with Gasteiger partial charge in [-0.2, -0.15) is 0 Å². The average Bonchev–Trinajstić information content (AvgIpc) is 3.20. The fraction of sp³-hybridized carbons (Fsp3) is 0.593. The molecule has 1 aromatic carbocycles. The Morgan fingerprint density at radius 1 is 0.970 bits per heavy atom. The van der Waals surface area contributed by atoms with Crippen LogP contribution in [-0.2, 0) is 24.2 Å². The highest BCUT2D eigenvalue weighted by Crippen LogP contribution is 2.27. The molecule has 0 aliphatic carbocycles. The zero-order valence-electron chi connectivity index (χ0n) is 19.6. The number of rotatable bonds is 5. The molecule has 2 saturated heterocycles. The van der Waals surface area contributed by atoms with Gasteiger partial charge in [0.05, 0.1) is 12.2 Å². The minimum Gasteiger partial charge on any atom is -0.341 e. The van der Waals surface area contributed by atoms with Crippen LogP contribution >= 0.6 is 0 Å². The Balaban J connectivity index is 1.12. The first-order valence-electron chi connectivity index (χ1n) is 12.8. The molecule has 2 aromatic rings. The van der Waals surface area contributed by atoms with Crippen molar-refractivity contribution >= 4 is 5.91 Å². The Labute approximate surface area is 196 Å². The highest BCUT2D eigenvalue weighted by atomic mass is 16.2. The minimum absolute atomic E-state index is 0.0834. The molecule has 1 amide bonds. The molecule has 0 bridgehead atoms. The van der Waals surface area contributed by atoms with Gasteiger partial charge in [-0.3, -0.25) is 19.1 Å². The number of amides is 1. The van der Waals surface area contributed by atoms with Gasteiger partial charge in [0.25, 0.3) is 5.56 Å². The fourth-order valence-corrected chi connectivity index (χ4v) is 5.76. The van der Waals surface area contributed by atoms with E-state index in [2.05, 4.69) is 35.2 Å². The average molecular weight is 449 g/mol. The van der Waals surface area contributed by atoms with Gasteiger partial charge in [0.15, 0.2) is 0 Å². The Hall–Kier alpha value is -2.47. The Morgan fingerprint density at radius 2 is 1.79 bits per heavy atom. The molecule has 6 heteroatoms. The summed E-state index contributed by atoms with van der Waals surface area (Å²) < 4.78 is 1.86. The van der Waals surface area contributed by atoms with Crippen LogP contribution in [0.4, 0.5) is 0 Å². The van der Waals surface area contributed by atoms with Crippen molar-refractivity contribution in [2.24, 2.45) is 5.92 Å². The number of fused-ring (bicyclic) bond motifs is 1. The molecule has 1 atom stereocenters. The smallest absolute Gasteiger partial charge is 0.253 e. The number of hydrogen-bond acceptors (Lipinski definition) is 4. The molecule has 0 radical (unpaired) electrons. The summed E-state index contributed by atoms with van der Waals surface area (Å²) in [7, 11) is 0. The molecule has 0 unspecified atom stereocenters. The maximum atomic E-state index is 13.0. The van der Waals surface area contributed by atoms with E-state index in [1.807, 2.05) is 9.47 Å². The van der Waals surface area contributed by atoms with Crippen LogP contribution in [0.15, 0.2) is 41.2 Å². The number of likely N-dealkylation sites (tertiary alicyclic amines) is 2. The van der Waals surface area contributed by atoms with E-state index >= 15 is 0 Å². The third-order valence-electron chi connectivity index (χ3n) is 7.78. The topological polar surface area (TPSA) is 58.4 Å². The van der Waals surface area contributed by atoms with Crippen molar-refractivity contribution in [2.45, 2.75) is 63.8 Å². The molecule has 33 heavy (non-hydrogen) atoms. The summed E-state index contributed by atoms with van der Waals surface area (Å²) >= 11 is 0. The minimum atomic E-state index is 0.0834. The second-order valence-electron chi connectivity index (χ2n) is 10.1. The van der Waals surface area contributed by atoms with Crippen LogP contribution in [0.2, 0.25) is 0 Å². The van der Waals surface area contributed by atoms with Crippen molar-refractivity contribution in [3.05, 3.63) is 63.8 Å². The molecule has 3 aliphatic heterocycles. The van der Waals surface area contributed by atoms with E-state index in [-0.39, 0.29) is 17.4 Å². The van der Waals surface area contributed by atoms with E-state index in [1.165, 1.54) is 5.56 Å². The predicted molar refractivity (Wildman–Crippen MR) is 129 cm³/mol.